The van der Waals surface area contributed by atoms with Gasteiger partial charge in [-0.15, -0.1) is 0 Å². The summed E-state index contributed by atoms with van der Waals surface area (Å²) in [7, 11) is 5.56. The maximum atomic E-state index is 12.2. The molecule has 2 rings (SSSR count). The topological polar surface area (TPSA) is 66.4 Å². The summed E-state index contributed by atoms with van der Waals surface area (Å²) < 4.78 is 1.42. The molecule has 0 unspecified atom stereocenters. The van der Waals surface area contributed by atoms with Gasteiger partial charge in [-0.05, 0) is 25.7 Å². The molecule has 0 aliphatic heterocycles. The number of likely N-dealkylation sites (N-methyl/N-ethyl adjacent to an activating group) is 1. The quantitative estimate of drug-likeness (QED) is 0.884. The van der Waals surface area contributed by atoms with Crippen LogP contribution in [0.3, 0.4) is 0 Å². The number of aryl methyl sites for hydroxylation is 1. The zero-order valence-corrected chi connectivity index (χ0v) is 13.6. The van der Waals surface area contributed by atoms with Gasteiger partial charge in [0.1, 0.15) is 0 Å². The van der Waals surface area contributed by atoms with Crippen LogP contribution in [-0.2, 0) is 7.05 Å². The van der Waals surface area contributed by atoms with E-state index in [1.807, 2.05) is 49.3 Å². The van der Waals surface area contributed by atoms with Crippen LogP contribution in [0, 0.1) is 0 Å². The molecule has 2 N–H and O–H groups in total. The van der Waals surface area contributed by atoms with E-state index in [-0.39, 0.29) is 17.6 Å². The normalized spacial score (nSPS) is 12.0. The first-order valence-corrected chi connectivity index (χ1v) is 7.39. The Hall–Kier alpha value is -2.60. The predicted molar refractivity (Wildman–Crippen MR) is 91.6 cm³/mol. The van der Waals surface area contributed by atoms with Crippen molar-refractivity contribution in [3.63, 3.8) is 0 Å². The average Bonchev–Trinajstić information content (AvgIpc) is 2.51. The molecule has 0 aliphatic carbocycles. The van der Waals surface area contributed by atoms with Gasteiger partial charge in [0.05, 0.1) is 11.7 Å². The summed E-state index contributed by atoms with van der Waals surface area (Å²) in [5.41, 5.74) is 1.49. The molecule has 0 saturated carbocycles. The Balaban J connectivity index is 2.08. The van der Waals surface area contributed by atoms with Crippen LogP contribution in [0.4, 0.5) is 10.5 Å². The highest BCUT2D eigenvalue weighted by Gasteiger charge is 2.15. The smallest absolute Gasteiger partial charge is 0.319 e. The van der Waals surface area contributed by atoms with E-state index in [4.69, 9.17) is 0 Å². The summed E-state index contributed by atoms with van der Waals surface area (Å²) >= 11 is 0. The van der Waals surface area contributed by atoms with E-state index in [1.54, 1.807) is 19.3 Å². The summed E-state index contributed by atoms with van der Waals surface area (Å²) in [5.74, 6) is 0. The predicted octanol–water partition coefficient (Wildman–Crippen LogP) is 1.81. The second-order valence-electron chi connectivity index (χ2n) is 5.69. The Kier molecular flexibility index (Phi) is 5.54. The number of pyridine rings is 1. The van der Waals surface area contributed by atoms with Gasteiger partial charge in [0.2, 0.25) is 5.56 Å². The van der Waals surface area contributed by atoms with Gasteiger partial charge in [-0.3, -0.25) is 4.79 Å². The number of benzene rings is 1. The molecule has 2 amide bonds. The minimum Gasteiger partial charge on any atom is -0.330 e. The van der Waals surface area contributed by atoms with Crippen LogP contribution in [0.15, 0.2) is 53.5 Å². The molecule has 0 radical (unpaired) electrons. The maximum Gasteiger partial charge on any atom is 0.319 e. The summed E-state index contributed by atoms with van der Waals surface area (Å²) in [6.07, 6.45) is 1.59. The van der Waals surface area contributed by atoms with Crippen LogP contribution in [0.5, 0.6) is 0 Å². The number of amides is 2. The number of carbonyl (C=O) groups excluding carboxylic acids is 1. The third-order valence-electron chi connectivity index (χ3n) is 3.40. The monoisotopic (exact) mass is 314 g/mol. The van der Waals surface area contributed by atoms with Crippen LogP contribution < -0.4 is 16.2 Å². The lowest BCUT2D eigenvalue weighted by Crippen LogP contribution is -2.38. The summed E-state index contributed by atoms with van der Waals surface area (Å²) in [5, 5.41) is 5.72. The lowest BCUT2D eigenvalue weighted by Gasteiger charge is -2.23. The molecular weight excluding hydrogens is 292 g/mol. The van der Waals surface area contributed by atoms with Crippen molar-refractivity contribution in [3.8, 4) is 0 Å². The first kappa shape index (κ1) is 16.8. The minimum atomic E-state index is -0.306. The van der Waals surface area contributed by atoms with Gasteiger partial charge in [0.25, 0.3) is 0 Å². The molecule has 0 fully saturated rings. The van der Waals surface area contributed by atoms with Crippen LogP contribution in [0.25, 0.3) is 0 Å². The first-order valence-electron chi connectivity index (χ1n) is 7.39. The second-order valence-corrected chi connectivity index (χ2v) is 5.69. The van der Waals surface area contributed by atoms with Crippen molar-refractivity contribution in [1.29, 1.82) is 0 Å². The van der Waals surface area contributed by atoms with Crippen molar-refractivity contribution in [2.75, 3.05) is 26.0 Å². The lowest BCUT2D eigenvalue weighted by atomic mass is 10.1. The van der Waals surface area contributed by atoms with Crippen LogP contribution >= 0.6 is 0 Å². The number of aromatic nitrogens is 1. The molecule has 1 aromatic carbocycles. The van der Waals surface area contributed by atoms with Gasteiger partial charge < -0.3 is 20.1 Å². The van der Waals surface area contributed by atoms with Gasteiger partial charge in [-0.1, -0.05) is 30.3 Å². The highest BCUT2D eigenvalue weighted by molar-refractivity contribution is 5.89. The van der Waals surface area contributed by atoms with E-state index >= 15 is 0 Å². The molecule has 1 heterocycles. The van der Waals surface area contributed by atoms with E-state index < -0.39 is 0 Å². The van der Waals surface area contributed by atoms with Crippen molar-refractivity contribution >= 4 is 11.7 Å². The molecule has 0 saturated heterocycles. The molecule has 122 valence electrons. The number of urea groups is 1. The SMILES string of the molecule is CN(C)C[C@@H](NC(=O)Nc1ccc(=O)n(C)c1)c1ccccc1. The molecule has 6 heteroatoms. The number of nitrogens with one attached hydrogen (secondary N) is 2. The Labute approximate surface area is 135 Å². The molecule has 2 aromatic rings. The van der Waals surface area contributed by atoms with Crippen LogP contribution in [0.2, 0.25) is 0 Å². The van der Waals surface area contributed by atoms with E-state index in [1.165, 1.54) is 10.6 Å². The molecule has 0 bridgehead atoms. The molecule has 23 heavy (non-hydrogen) atoms. The number of carbonyl (C=O) groups is 1. The third-order valence-corrected chi connectivity index (χ3v) is 3.40. The van der Waals surface area contributed by atoms with E-state index in [0.29, 0.717) is 12.2 Å². The first-order chi connectivity index (χ1) is 11.0. The van der Waals surface area contributed by atoms with Crippen LogP contribution in [-0.4, -0.2) is 36.1 Å². The Morgan fingerprint density at radius 2 is 1.87 bits per heavy atom. The molecule has 0 aliphatic rings. The Bertz CT molecular complexity index is 710. The fraction of sp³-hybridized carbons (Fsp3) is 0.294. The van der Waals surface area contributed by atoms with Crippen molar-refractivity contribution in [2.45, 2.75) is 6.04 Å². The molecule has 6 nitrogen and oxygen atoms in total. The molecule has 1 atom stereocenters. The lowest BCUT2D eigenvalue weighted by molar-refractivity contribution is 0.244. The fourth-order valence-electron chi connectivity index (χ4n) is 2.28. The van der Waals surface area contributed by atoms with Crippen molar-refractivity contribution in [2.24, 2.45) is 7.05 Å². The van der Waals surface area contributed by atoms with Gasteiger partial charge in [0, 0.05) is 25.9 Å². The third kappa shape index (κ3) is 4.96. The van der Waals surface area contributed by atoms with E-state index in [9.17, 15) is 9.59 Å². The van der Waals surface area contributed by atoms with Gasteiger partial charge in [0.15, 0.2) is 0 Å². The van der Waals surface area contributed by atoms with Gasteiger partial charge in [-0.2, -0.15) is 0 Å². The largest absolute Gasteiger partial charge is 0.330 e. The van der Waals surface area contributed by atoms with Crippen molar-refractivity contribution in [3.05, 3.63) is 64.6 Å². The average molecular weight is 314 g/mol. The molecule has 1 aromatic heterocycles. The Morgan fingerprint density at radius 1 is 1.17 bits per heavy atom. The minimum absolute atomic E-state index is 0.120. The number of hydrogen-bond acceptors (Lipinski definition) is 3. The van der Waals surface area contributed by atoms with E-state index in [0.717, 1.165) is 5.56 Å². The van der Waals surface area contributed by atoms with Gasteiger partial charge in [-0.25, -0.2) is 4.79 Å². The maximum absolute atomic E-state index is 12.2. The zero-order chi connectivity index (χ0) is 16.8. The molecule has 0 spiro atoms. The van der Waals surface area contributed by atoms with Crippen molar-refractivity contribution < 1.29 is 4.79 Å². The molecular formula is C17H22N4O2. The highest BCUT2D eigenvalue weighted by atomic mass is 16.2. The summed E-state index contributed by atoms with van der Waals surface area (Å²) in [6.45, 7) is 0.685. The van der Waals surface area contributed by atoms with Crippen molar-refractivity contribution in [1.82, 2.24) is 14.8 Å². The number of anilines is 1. The standard InChI is InChI=1S/C17H22N4O2/c1-20(2)12-15(13-7-5-4-6-8-13)19-17(23)18-14-9-10-16(22)21(3)11-14/h4-11,15H,12H2,1-3H3,(H2,18,19,23)/t15-/m1/s1. The number of nitrogens with zero attached hydrogens (tertiary/aromatic N) is 2. The number of rotatable bonds is 5. The summed E-state index contributed by atoms with van der Waals surface area (Å²) in [4.78, 5) is 25.6. The van der Waals surface area contributed by atoms with E-state index in [2.05, 4.69) is 10.6 Å². The van der Waals surface area contributed by atoms with Crippen LogP contribution in [0.1, 0.15) is 11.6 Å². The highest BCUT2D eigenvalue weighted by Crippen LogP contribution is 2.13. The zero-order valence-electron chi connectivity index (χ0n) is 13.6. The second kappa shape index (κ2) is 7.60. The van der Waals surface area contributed by atoms with Gasteiger partial charge >= 0.3 is 6.03 Å². The number of hydrogen-bond donors (Lipinski definition) is 2. The summed E-state index contributed by atoms with van der Waals surface area (Å²) in [6, 6.07) is 12.4. The Morgan fingerprint density at radius 3 is 2.48 bits per heavy atom. The fourth-order valence-corrected chi connectivity index (χ4v) is 2.28.